The van der Waals surface area contributed by atoms with Crippen LogP contribution in [0.5, 0.6) is 0 Å². The molecular formula is C13H17N. The molecule has 0 aromatic carbocycles. The average molecular weight is 187 g/mol. The van der Waals surface area contributed by atoms with Crippen molar-refractivity contribution in [3.8, 4) is 0 Å². The van der Waals surface area contributed by atoms with E-state index in [4.69, 9.17) is 0 Å². The van der Waals surface area contributed by atoms with Crippen molar-refractivity contribution >= 4 is 6.08 Å². The van der Waals surface area contributed by atoms with Crippen molar-refractivity contribution in [3.63, 3.8) is 0 Å². The summed E-state index contributed by atoms with van der Waals surface area (Å²) in [5, 5.41) is 0. The van der Waals surface area contributed by atoms with Crippen LogP contribution in [0.4, 0.5) is 0 Å². The Morgan fingerprint density at radius 2 is 2.07 bits per heavy atom. The van der Waals surface area contributed by atoms with E-state index >= 15 is 0 Å². The van der Waals surface area contributed by atoms with Gasteiger partial charge in [-0.2, -0.15) is 0 Å². The molecule has 0 aliphatic heterocycles. The zero-order chi connectivity index (χ0) is 9.80. The predicted molar refractivity (Wildman–Crippen MR) is 60.2 cm³/mol. The Kier molecular flexibility index (Phi) is 2.97. The standard InChI is InChI=1S/C13H17N/c1-2-11-9-6-10-14-13(11)12-7-4-3-5-8-12/h2,6,9-10,12H,1,3-5,7-8H2. The van der Waals surface area contributed by atoms with Gasteiger partial charge in [0.1, 0.15) is 0 Å². The van der Waals surface area contributed by atoms with Gasteiger partial charge in [0.05, 0.1) is 5.69 Å². The van der Waals surface area contributed by atoms with Crippen molar-refractivity contribution in [2.24, 2.45) is 0 Å². The minimum atomic E-state index is 0.679. The lowest BCUT2D eigenvalue weighted by atomic mass is 9.85. The molecule has 0 radical (unpaired) electrons. The van der Waals surface area contributed by atoms with E-state index in [1.165, 1.54) is 43.4 Å². The van der Waals surface area contributed by atoms with Gasteiger partial charge in [-0.15, -0.1) is 0 Å². The van der Waals surface area contributed by atoms with Crippen LogP contribution in [0.1, 0.15) is 49.3 Å². The molecule has 0 N–H and O–H groups in total. The summed E-state index contributed by atoms with van der Waals surface area (Å²) in [6.45, 7) is 3.85. The second-order valence-electron chi connectivity index (χ2n) is 4.02. The summed E-state index contributed by atoms with van der Waals surface area (Å²) < 4.78 is 0. The van der Waals surface area contributed by atoms with E-state index in [2.05, 4.69) is 17.6 Å². The molecule has 0 bridgehead atoms. The molecule has 0 spiro atoms. The lowest BCUT2D eigenvalue weighted by Gasteiger charge is -2.22. The second-order valence-corrected chi connectivity index (χ2v) is 4.02. The maximum absolute atomic E-state index is 4.50. The fraction of sp³-hybridized carbons (Fsp3) is 0.462. The quantitative estimate of drug-likeness (QED) is 0.686. The summed E-state index contributed by atoms with van der Waals surface area (Å²) in [5.41, 5.74) is 2.49. The van der Waals surface area contributed by atoms with Crippen LogP contribution in [0.15, 0.2) is 24.9 Å². The Bertz CT molecular complexity index is 311. The van der Waals surface area contributed by atoms with E-state index < -0.39 is 0 Å². The summed E-state index contributed by atoms with van der Waals surface area (Å²) in [4.78, 5) is 4.50. The maximum atomic E-state index is 4.50. The van der Waals surface area contributed by atoms with E-state index in [-0.39, 0.29) is 0 Å². The molecule has 1 aromatic rings. The highest BCUT2D eigenvalue weighted by molar-refractivity contribution is 5.50. The van der Waals surface area contributed by atoms with E-state index in [0.717, 1.165) is 0 Å². The highest BCUT2D eigenvalue weighted by Gasteiger charge is 2.18. The van der Waals surface area contributed by atoms with Crippen LogP contribution in [0.3, 0.4) is 0 Å². The monoisotopic (exact) mass is 187 g/mol. The van der Waals surface area contributed by atoms with Gasteiger partial charge in [-0.3, -0.25) is 4.98 Å². The van der Waals surface area contributed by atoms with Crippen LogP contribution < -0.4 is 0 Å². The Balaban J connectivity index is 2.24. The molecular weight excluding hydrogens is 170 g/mol. The number of aromatic nitrogens is 1. The van der Waals surface area contributed by atoms with Gasteiger partial charge in [-0.25, -0.2) is 0 Å². The Hall–Kier alpha value is -1.11. The second kappa shape index (κ2) is 4.41. The number of rotatable bonds is 2. The van der Waals surface area contributed by atoms with Gasteiger partial charge in [0.25, 0.3) is 0 Å². The van der Waals surface area contributed by atoms with Crippen LogP contribution in [0, 0.1) is 0 Å². The molecule has 1 fully saturated rings. The molecule has 2 rings (SSSR count). The van der Waals surface area contributed by atoms with Crippen molar-refractivity contribution in [2.75, 3.05) is 0 Å². The summed E-state index contributed by atoms with van der Waals surface area (Å²) in [6, 6.07) is 4.10. The van der Waals surface area contributed by atoms with Crippen LogP contribution >= 0.6 is 0 Å². The van der Waals surface area contributed by atoms with Crippen LogP contribution in [-0.2, 0) is 0 Å². The molecule has 1 heterocycles. The largest absolute Gasteiger partial charge is 0.260 e. The molecule has 1 aromatic heterocycles. The Labute approximate surface area is 85.9 Å². The third kappa shape index (κ3) is 1.87. The van der Waals surface area contributed by atoms with E-state index in [0.29, 0.717) is 5.92 Å². The number of pyridine rings is 1. The maximum Gasteiger partial charge on any atom is 0.0506 e. The SMILES string of the molecule is C=Cc1cccnc1C1CCCCC1. The van der Waals surface area contributed by atoms with Gasteiger partial charge >= 0.3 is 0 Å². The van der Waals surface area contributed by atoms with Crippen molar-refractivity contribution in [3.05, 3.63) is 36.2 Å². The highest BCUT2D eigenvalue weighted by atomic mass is 14.7. The smallest absolute Gasteiger partial charge is 0.0506 e. The summed E-state index contributed by atoms with van der Waals surface area (Å²) in [5.74, 6) is 0.679. The molecule has 0 unspecified atom stereocenters. The fourth-order valence-corrected chi connectivity index (χ4v) is 2.32. The Morgan fingerprint density at radius 3 is 2.79 bits per heavy atom. The van der Waals surface area contributed by atoms with Gasteiger partial charge in [-0.1, -0.05) is 38.0 Å². The third-order valence-electron chi connectivity index (χ3n) is 3.08. The van der Waals surface area contributed by atoms with E-state index in [9.17, 15) is 0 Å². The molecule has 0 saturated heterocycles. The summed E-state index contributed by atoms with van der Waals surface area (Å²) in [6.07, 6.45) is 10.5. The number of nitrogens with zero attached hydrogens (tertiary/aromatic N) is 1. The minimum absolute atomic E-state index is 0.679. The molecule has 14 heavy (non-hydrogen) atoms. The van der Waals surface area contributed by atoms with Crippen molar-refractivity contribution in [1.29, 1.82) is 0 Å². The molecule has 0 amide bonds. The highest BCUT2D eigenvalue weighted by Crippen LogP contribution is 2.33. The van der Waals surface area contributed by atoms with Gasteiger partial charge < -0.3 is 0 Å². The van der Waals surface area contributed by atoms with Crippen molar-refractivity contribution in [2.45, 2.75) is 38.0 Å². The number of hydrogen-bond donors (Lipinski definition) is 0. The minimum Gasteiger partial charge on any atom is -0.260 e. The zero-order valence-corrected chi connectivity index (χ0v) is 8.58. The first-order valence-electron chi connectivity index (χ1n) is 5.49. The molecule has 1 heteroatoms. The zero-order valence-electron chi connectivity index (χ0n) is 8.58. The first-order chi connectivity index (χ1) is 6.92. The molecule has 1 aliphatic rings. The molecule has 74 valence electrons. The van der Waals surface area contributed by atoms with Gasteiger partial charge in [0.15, 0.2) is 0 Å². The van der Waals surface area contributed by atoms with E-state index in [1.807, 2.05) is 18.3 Å². The van der Waals surface area contributed by atoms with E-state index in [1.54, 1.807) is 0 Å². The molecule has 1 saturated carbocycles. The lowest BCUT2D eigenvalue weighted by Crippen LogP contribution is -2.07. The fourth-order valence-electron chi connectivity index (χ4n) is 2.32. The molecule has 1 nitrogen and oxygen atoms in total. The molecule has 0 atom stereocenters. The topological polar surface area (TPSA) is 12.9 Å². The Morgan fingerprint density at radius 1 is 1.29 bits per heavy atom. The normalized spacial score (nSPS) is 18.0. The van der Waals surface area contributed by atoms with Crippen molar-refractivity contribution < 1.29 is 0 Å². The van der Waals surface area contributed by atoms with Gasteiger partial charge in [-0.05, 0) is 24.5 Å². The first kappa shape index (κ1) is 9.45. The summed E-state index contributed by atoms with van der Waals surface area (Å²) in [7, 11) is 0. The number of hydrogen-bond acceptors (Lipinski definition) is 1. The van der Waals surface area contributed by atoms with Crippen molar-refractivity contribution in [1.82, 2.24) is 4.98 Å². The first-order valence-corrected chi connectivity index (χ1v) is 5.49. The predicted octanol–water partition coefficient (Wildman–Crippen LogP) is 3.77. The van der Waals surface area contributed by atoms with Gasteiger partial charge in [0, 0.05) is 12.1 Å². The molecule has 1 aliphatic carbocycles. The third-order valence-corrected chi connectivity index (χ3v) is 3.08. The lowest BCUT2D eigenvalue weighted by molar-refractivity contribution is 0.436. The van der Waals surface area contributed by atoms with Crippen LogP contribution in [0.25, 0.3) is 6.08 Å². The van der Waals surface area contributed by atoms with Crippen LogP contribution in [0.2, 0.25) is 0 Å². The summed E-state index contributed by atoms with van der Waals surface area (Å²) >= 11 is 0. The average Bonchev–Trinajstić information content (AvgIpc) is 2.30. The van der Waals surface area contributed by atoms with Gasteiger partial charge in [0.2, 0.25) is 0 Å². The van der Waals surface area contributed by atoms with Crippen LogP contribution in [-0.4, -0.2) is 4.98 Å².